The molecule has 30 heavy (non-hydrogen) atoms. The van der Waals surface area contributed by atoms with Gasteiger partial charge in [-0.05, 0) is 29.8 Å². The van der Waals surface area contributed by atoms with Crippen molar-refractivity contribution in [2.75, 3.05) is 32.8 Å². The molecule has 0 unspecified atom stereocenters. The molecule has 1 amide bonds. The second kappa shape index (κ2) is 9.30. The number of hydrogen-bond acceptors (Lipinski definition) is 7. The van der Waals surface area contributed by atoms with Crippen molar-refractivity contribution in [2.24, 2.45) is 5.92 Å². The summed E-state index contributed by atoms with van der Waals surface area (Å²) in [5.41, 5.74) is 1.73. The van der Waals surface area contributed by atoms with E-state index in [1.54, 1.807) is 49.6 Å². The van der Waals surface area contributed by atoms with Crippen LogP contribution in [0.1, 0.15) is 22.3 Å². The number of methoxy groups -OCH3 is 3. The van der Waals surface area contributed by atoms with Crippen molar-refractivity contribution in [3.63, 3.8) is 0 Å². The topological polar surface area (TPSA) is 91.4 Å². The third kappa shape index (κ3) is 4.53. The van der Waals surface area contributed by atoms with Gasteiger partial charge in [-0.3, -0.25) is 9.59 Å². The molecule has 2 aromatic carbocycles. The molecular weight excluding hydrogens is 390 g/mol. The average Bonchev–Trinajstić information content (AvgIpc) is 3.18. The van der Waals surface area contributed by atoms with Crippen molar-refractivity contribution in [2.45, 2.75) is 13.0 Å². The van der Waals surface area contributed by atoms with E-state index in [1.165, 1.54) is 19.1 Å². The minimum atomic E-state index is -0.571. The molecule has 1 fully saturated rings. The van der Waals surface area contributed by atoms with Crippen LogP contribution in [0.3, 0.4) is 0 Å². The summed E-state index contributed by atoms with van der Waals surface area (Å²) in [6.07, 6.45) is 0.0648. The van der Waals surface area contributed by atoms with Gasteiger partial charge in [-0.1, -0.05) is 12.1 Å². The summed E-state index contributed by atoms with van der Waals surface area (Å²) < 4.78 is 20.6. The number of carbonyl (C=O) groups is 3. The first-order valence-corrected chi connectivity index (χ1v) is 9.33. The lowest BCUT2D eigenvalue weighted by Gasteiger charge is -2.20. The highest BCUT2D eigenvalue weighted by Crippen LogP contribution is 2.36. The van der Waals surface area contributed by atoms with Crippen molar-refractivity contribution in [3.05, 3.63) is 53.6 Å². The minimum Gasteiger partial charge on any atom is -0.497 e. The first kappa shape index (κ1) is 21.2. The maximum atomic E-state index is 12.5. The van der Waals surface area contributed by atoms with E-state index in [-0.39, 0.29) is 25.5 Å². The molecule has 0 spiro atoms. The highest BCUT2D eigenvalue weighted by molar-refractivity contribution is 6.00. The summed E-state index contributed by atoms with van der Waals surface area (Å²) in [7, 11) is 4.37. The number of esters is 2. The Kier molecular flexibility index (Phi) is 6.56. The van der Waals surface area contributed by atoms with E-state index in [1.807, 2.05) is 0 Å². The van der Waals surface area contributed by atoms with E-state index >= 15 is 0 Å². The molecule has 1 saturated heterocycles. The molecule has 8 heteroatoms. The predicted molar refractivity (Wildman–Crippen MR) is 108 cm³/mol. The quantitative estimate of drug-likeness (QED) is 0.644. The van der Waals surface area contributed by atoms with Crippen LogP contribution in [-0.2, 0) is 25.7 Å². The molecule has 0 aromatic heterocycles. The summed E-state index contributed by atoms with van der Waals surface area (Å²) in [5.74, 6) is -0.534. The Morgan fingerprint density at radius 1 is 1.03 bits per heavy atom. The highest BCUT2D eigenvalue weighted by atomic mass is 16.5. The van der Waals surface area contributed by atoms with Gasteiger partial charge < -0.3 is 23.8 Å². The van der Waals surface area contributed by atoms with E-state index in [0.29, 0.717) is 22.7 Å². The third-order valence-electron chi connectivity index (χ3n) is 4.89. The molecule has 1 heterocycles. The normalized spacial score (nSPS) is 15.6. The lowest BCUT2D eigenvalue weighted by molar-refractivity contribution is -0.149. The molecule has 0 radical (unpaired) electrons. The second-order valence-electron chi connectivity index (χ2n) is 6.74. The largest absolute Gasteiger partial charge is 0.497 e. The van der Waals surface area contributed by atoms with Crippen molar-refractivity contribution in [3.8, 4) is 11.5 Å². The lowest BCUT2D eigenvalue weighted by atomic mass is 10.1. The standard InChI is InChI=1S/C22H23NO7/c1-27-17-8-9-18(19(11-17)28-2)23-12-16(10-20(23)24)22(26)30-13-14-4-6-15(7-5-14)21(25)29-3/h4-9,11,16H,10,12-13H2,1-3H3/t16-/m0/s1. The summed E-state index contributed by atoms with van der Waals surface area (Å²) in [6.45, 7) is 0.262. The zero-order valence-corrected chi connectivity index (χ0v) is 17.0. The number of ether oxygens (including phenoxy) is 4. The Hall–Kier alpha value is -3.55. The molecule has 0 saturated carbocycles. The zero-order valence-electron chi connectivity index (χ0n) is 17.0. The van der Waals surface area contributed by atoms with Gasteiger partial charge in [0.05, 0.1) is 38.5 Å². The summed E-state index contributed by atoms with van der Waals surface area (Å²) in [4.78, 5) is 38.0. The fourth-order valence-electron chi connectivity index (χ4n) is 3.23. The summed E-state index contributed by atoms with van der Waals surface area (Å²) >= 11 is 0. The number of benzene rings is 2. The number of hydrogen-bond donors (Lipinski definition) is 0. The number of rotatable bonds is 7. The van der Waals surface area contributed by atoms with Gasteiger partial charge in [-0.15, -0.1) is 0 Å². The van der Waals surface area contributed by atoms with E-state index in [9.17, 15) is 14.4 Å². The number of anilines is 1. The fraction of sp³-hybridized carbons (Fsp3) is 0.318. The molecule has 158 valence electrons. The molecule has 1 aliphatic rings. The molecule has 2 aromatic rings. The summed E-state index contributed by atoms with van der Waals surface area (Å²) in [5, 5.41) is 0. The second-order valence-corrected chi connectivity index (χ2v) is 6.74. The molecule has 1 aliphatic heterocycles. The van der Waals surface area contributed by atoms with Crippen LogP contribution < -0.4 is 14.4 Å². The van der Waals surface area contributed by atoms with Crippen LogP contribution in [0.2, 0.25) is 0 Å². The Morgan fingerprint density at radius 3 is 2.40 bits per heavy atom. The van der Waals surface area contributed by atoms with Crippen molar-refractivity contribution >= 4 is 23.5 Å². The molecule has 3 rings (SSSR count). The average molecular weight is 413 g/mol. The van der Waals surface area contributed by atoms with Gasteiger partial charge in [0.2, 0.25) is 5.91 Å². The monoisotopic (exact) mass is 413 g/mol. The van der Waals surface area contributed by atoms with Gasteiger partial charge in [0.25, 0.3) is 0 Å². The van der Waals surface area contributed by atoms with Crippen molar-refractivity contribution in [1.82, 2.24) is 0 Å². The van der Waals surface area contributed by atoms with Crippen LogP contribution in [0.25, 0.3) is 0 Å². The van der Waals surface area contributed by atoms with Crippen molar-refractivity contribution in [1.29, 1.82) is 0 Å². The number of carbonyl (C=O) groups excluding carboxylic acids is 3. The Balaban J connectivity index is 1.62. The third-order valence-corrected chi connectivity index (χ3v) is 4.89. The first-order valence-electron chi connectivity index (χ1n) is 9.33. The zero-order chi connectivity index (χ0) is 21.7. The van der Waals surface area contributed by atoms with Gasteiger partial charge in [0.15, 0.2) is 0 Å². The Morgan fingerprint density at radius 2 is 1.77 bits per heavy atom. The molecule has 8 nitrogen and oxygen atoms in total. The van der Waals surface area contributed by atoms with Gasteiger partial charge in [-0.25, -0.2) is 4.79 Å². The van der Waals surface area contributed by atoms with Gasteiger partial charge in [0, 0.05) is 19.0 Å². The highest BCUT2D eigenvalue weighted by Gasteiger charge is 2.37. The Labute approximate surface area is 174 Å². The SMILES string of the molecule is COC(=O)c1ccc(COC(=O)[C@H]2CC(=O)N(c3ccc(OC)cc3OC)C2)cc1. The predicted octanol–water partition coefficient (Wildman–Crippen LogP) is 2.59. The maximum absolute atomic E-state index is 12.5. The number of amides is 1. The van der Waals surface area contributed by atoms with Gasteiger partial charge in [-0.2, -0.15) is 0 Å². The lowest BCUT2D eigenvalue weighted by Crippen LogP contribution is -2.26. The van der Waals surface area contributed by atoms with Gasteiger partial charge in [0.1, 0.15) is 18.1 Å². The van der Waals surface area contributed by atoms with E-state index < -0.39 is 17.9 Å². The molecule has 0 bridgehead atoms. The maximum Gasteiger partial charge on any atom is 0.337 e. The molecule has 0 N–H and O–H groups in total. The van der Waals surface area contributed by atoms with Crippen LogP contribution in [0.4, 0.5) is 5.69 Å². The van der Waals surface area contributed by atoms with E-state index in [0.717, 1.165) is 5.56 Å². The fourth-order valence-corrected chi connectivity index (χ4v) is 3.23. The minimum absolute atomic E-state index is 0.0524. The van der Waals surface area contributed by atoms with E-state index in [4.69, 9.17) is 14.2 Å². The smallest absolute Gasteiger partial charge is 0.337 e. The van der Waals surface area contributed by atoms with Crippen molar-refractivity contribution < 1.29 is 33.3 Å². The Bertz CT molecular complexity index is 939. The van der Waals surface area contributed by atoms with Crippen LogP contribution >= 0.6 is 0 Å². The summed E-state index contributed by atoms with van der Waals surface area (Å²) in [6, 6.07) is 11.7. The van der Waals surface area contributed by atoms with Crippen LogP contribution in [-0.4, -0.2) is 45.7 Å². The molecule has 1 atom stereocenters. The first-order chi connectivity index (χ1) is 14.5. The van der Waals surface area contributed by atoms with E-state index in [2.05, 4.69) is 4.74 Å². The molecule has 0 aliphatic carbocycles. The van der Waals surface area contributed by atoms with Crippen LogP contribution in [0.5, 0.6) is 11.5 Å². The molecular formula is C22H23NO7. The van der Waals surface area contributed by atoms with Crippen LogP contribution in [0, 0.1) is 5.92 Å². The number of nitrogens with zero attached hydrogens (tertiary/aromatic N) is 1. The van der Waals surface area contributed by atoms with Crippen LogP contribution in [0.15, 0.2) is 42.5 Å². The van der Waals surface area contributed by atoms with Gasteiger partial charge >= 0.3 is 11.9 Å².